The summed E-state index contributed by atoms with van der Waals surface area (Å²) in [6.07, 6.45) is 0.452. The maximum absolute atomic E-state index is 13.3. The van der Waals surface area contributed by atoms with Gasteiger partial charge in [-0.05, 0) is 53.8 Å². The molecule has 1 aliphatic heterocycles. The quantitative estimate of drug-likeness (QED) is 0.169. The number of nitrogens with zero attached hydrogens (tertiary/aromatic N) is 1. The maximum Gasteiger partial charge on any atom is 0.243 e. The monoisotopic (exact) mass is 651 g/mol. The van der Waals surface area contributed by atoms with E-state index in [9.17, 15) is 24.0 Å². The molecule has 5 amide bonds. The van der Waals surface area contributed by atoms with E-state index in [0.717, 1.165) is 22.4 Å². The molecule has 0 saturated carbocycles. The van der Waals surface area contributed by atoms with Crippen molar-refractivity contribution in [1.29, 1.82) is 0 Å². The lowest BCUT2D eigenvalue weighted by Crippen LogP contribution is -2.51. The van der Waals surface area contributed by atoms with E-state index < -0.39 is 17.9 Å². The van der Waals surface area contributed by atoms with Gasteiger partial charge in [0.05, 0.1) is 25.4 Å². The van der Waals surface area contributed by atoms with Crippen LogP contribution < -0.4 is 26.2 Å². The molecule has 1 heterocycles. The minimum atomic E-state index is -0.861. The van der Waals surface area contributed by atoms with Crippen molar-refractivity contribution in [3.63, 3.8) is 0 Å². The molecule has 1 unspecified atom stereocenters. The van der Waals surface area contributed by atoms with Crippen LogP contribution in [0.1, 0.15) is 61.8 Å². The van der Waals surface area contributed by atoms with Gasteiger partial charge in [0.2, 0.25) is 29.5 Å². The fraction of sp³-hybridized carbons (Fsp3) is 0.324. The number of fused-ring (bicyclic) bond motifs is 2. The zero-order valence-corrected chi connectivity index (χ0v) is 27.2. The molecule has 3 aromatic rings. The molecule has 0 radical (unpaired) electrons. The van der Waals surface area contributed by atoms with Crippen molar-refractivity contribution in [2.24, 2.45) is 5.92 Å². The SMILES string of the molecule is CC(C)C(NC(=O)CCCC(=O)NCCC(=O)N1Cc2ccccc2C#Cc2ccccc21)C(=O)NCC(=O)Nc1ccc(CO)cc1. The largest absolute Gasteiger partial charge is 0.392 e. The van der Waals surface area contributed by atoms with Gasteiger partial charge in [-0.3, -0.25) is 24.0 Å². The number of hydrogen-bond donors (Lipinski definition) is 5. The van der Waals surface area contributed by atoms with E-state index in [2.05, 4.69) is 33.1 Å². The van der Waals surface area contributed by atoms with Crippen LogP contribution >= 0.6 is 0 Å². The lowest BCUT2D eigenvalue weighted by molar-refractivity contribution is -0.131. The number of anilines is 2. The van der Waals surface area contributed by atoms with Gasteiger partial charge in [0, 0.05) is 42.6 Å². The van der Waals surface area contributed by atoms with Gasteiger partial charge >= 0.3 is 0 Å². The van der Waals surface area contributed by atoms with E-state index in [1.807, 2.05) is 48.5 Å². The summed E-state index contributed by atoms with van der Waals surface area (Å²) in [4.78, 5) is 65.2. The summed E-state index contributed by atoms with van der Waals surface area (Å²) >= 11 is 0. The van der Waals surface area contributed by atoms with Gasteiger partial charge in [-0.2, -0.15) is 0 Å². The standard InChI is InChI=1S/C37H41N5O6/c1-25(2)36(37(48)39-22-34(46)40-30-18-14-26(24-43)15-19-30)41-33(45)13-7-12-32(44)38-21-20-35(47)42-23-29-10-4-3-8-27(29)16-17-28-9-5-6-11-31(28)42/h3-6,8-11,14-15,18-19,25,36,43H,7,12-13,20-24H2,1-2H3,(H,38,44)(H,39,48)(H,40,46)(H,41,45). The lowest BCUT2D eigenvalue weighted by Gasteiger charge is -2.26. The van der Waals surface area contributed by atoms with Crippen molar-refractivity contribution in [1.82, 2.24) is 16.0 Å². The van der Waals surface area contributed by atoms with E-state index in [0.29, 0.717) is 17.8 Å². The van der Waals surface area contributed by atoms with Gasteiger partial charge in [-0.1, -0.05) is 68.2 Å². The van der Waals surface area contributed by atoms with Crippen LogP contribution in [0.3, 0.4) is 0 Å². The molecule has 0 spiro atoms. The summed E-state index contributed by atoms with van der Waals surface area (Å²) in [5.74, 6) is 4.37. The smallest absolute Gasteiger partial charge is 0.243 e. The van der Waals surface area contributed by atoms with Crippen molar-refractivity contribution in [3.8, 4) is 11.8 Å². The third-order valence-electron chi connectivity index (χ3n) is 7.75. The molecular weight excluding hydrogens is 610 g/mol. The van der Waals surface area contributed by atoms with Gasteiger partial charge in [0.25, 0.3) is 0 Å². The van der Waals surface area contributed by atoms with Crippen LogP contribution in [0.15, 0.2) is 72.8 Å². The van der Waals surface area contributed by atoms with Crippen molar-refractivity contribution in [2.75, 3.05) is 23.3 Å². The number of nitrogens with one attached hydrogen (secondary N) is 4. The van der Waals surface area contributed by atoms with Gasteiger partial charge in [0.15, 0.2) is 0 Å². The normalized spacial score (nSPS) is 12.2. The van der Waals surface area contributed by atoms with Gasteiger partial charge in [-0.15, -0.1) is 0 Å². The van der Waals surface area contributed by atoms with Crippen LogP contribution in [0.25, 0.3) is 0 Å². The van der Waals surface area contributed by atoms with E-state index >= 15 is 0 Å². The summed E-state index contributed by atoms with van der Waals surface area (Å²) in [7, 11) is 0. The predicted molar refractivity (Wildman–Crippen MR) is 182 cm³/mol. The van der Waals surface area contributed by atoms with E-state index in [-0.39, 0.29) is 69.0 Å². The Morgan fingerprint density at radius 3 is 2.19 bits per heavy atom. The van der Waals surface area contributed by atoms with Crippen LogP contribution in [-0.2, 0) is 37.1 Å². The Kier molecular flexibility index (Phi) is 12.9. The molecule has 250 valence electrons. The zero-order valence-electron chi connectivity index (χ0n) is 27.2. The molecule has 0 aromatic heterocycles. The first-order valence-electron chi connectivity index (χ1n) is 16.0. The minimum Gasteiger partial charge on any atom is -0.392 e. The first-order chi connectivity index (χ1) is 23.1. The number of rotatable bonds is 14. The lowest BCUT2D eigenvalue weighted by atomic mass is 10.0. The van der Waals surface area contributed by atoms with Crippen LogP contribution in [0.5, 0.6) is 0 Å². The maximum atomic E-state index is 13.3. The Balaban J connectivity index is 1.18. The summed E-state index contributed by atoms with van der Waals surface area (Å²) < 4.78 is 0. The van der Waals surface area contributed by atoms with Gasteiger partial charge < -0.3 is 31.3 Å². The number of aliphatic hydroxyl groups excluding tert-OH is 1. The number of benzene rings is 3. The number of aliphatic hydroxyl groups is 1. The van der Waals surface area contributed by atoms with Crippen molar-refractivity contribution < 1.29 is 29.1 Å². The average Bonchev–Trinajstić information content (AvgIpc) is 3.07. The number of carbonyl (C=O) groups is 5. The molecule has 0 bridgehead atoms. The molecule has 0 aliphatic carbocycles. The molecular formula is C37H41N5O6. The second kappa shape index (κ2) is 17.4. The second-order valence-electron chi connectivity index (χ2n) is 11.8. The third kappa shape index (κ3) is 10.3. The summed E-state index contributed by atoms with van der Waals surface area (Å²) in [6.45, 7) is 3.68. The predicted octanol–water partition coefficient (Wildman–Crippen LogP) is 3.00. The molecule has 0 fully saturated rings. The van der Waals surface area contributed by atoms with Gasteiger partial charge in [-0.25, -0.2) is 0 Å². The summed E-state index contributed by atoms with van der Waals surface area (Å²) in [6, 6.07) is 21.0. The van der Waals surface area contributed by atoms with Crippen molar-refractivity contribution in [3.05, 3.63) is 95.1 Å². The molecule has 1 atom stereocenters. The van der Waals surface area contributed by atoms with Crippen molar-refractivity contribution in [2.45, 2.75) is 58.7 Å². The Bertz CT molecular complexity index is 1690. The molecule has 0 saturated heterocycles. The van der Waals surface area contributed by atoms with Crippen LogP contribution in [0.2, 0.25) is 0 Å². The Hall–Kier alpha value is -5.47. The van der Waals surface area contributed by atoms with E-state index in [4.69, 9.17) is 5.11 Å². The fourth-order valence-electron chi connectivity index (χ4n) is 5.11. The molecule has 11 nitrogen and oxygen atoms in total. The molecule has 11 heteroatoms. The topological polar surface area (TPSA) is 157 Å². The van der Waals surface area contributed by atoms with Crippen LogP contribution in [-0.4, -0.2) is 53.8 Å². The molecule has 5 N–H and O–H groups in total. The second-order valence-corrected chi connectivity index (χ2v) is 11.8. The summed E-state index contributed by atoms with van der Waals surface area (Å²) in [5.41, 5.74) is 4.52. The first kappa shape index (κ1) is 35.4. The number of amides is 5. The Morgan fingerprint density at radius 1 is 0.792 bits per heavy atom. The molecule has 1 aliphatic rings. The number of hydrogen-bond acceptors (Lipinski definition) is 6. The highest BCUT2D eigenvalue weighted by atomic mass is 16.3. The first-order valence-corrected chi connectivity index (χ1v) is 16.0. The van der Waals surface area contributed by atoms with E-state index in [1.54, 1.807) is 43.0 Å². The Morgan fingerprint density at radius 2 is 1.46 bits per heavy atom. The highest BCUT2D eigenvalue weighted by Gasteiger charge is 2.25. The fourth-order valence-corrected chi connectivity index (χ4v) is 5.11. The van der Waals surface area contributed by atoms with Gasteiger partial charge in [0.1, 0.15) is 6.04 Å². The van der Waals surface area contributed by atoms with Crippen molar-refractivity contribution >= 4 is 40.9 Å². The summed E-state index contributed by atoms with van der Waals surface area (Å²) in [5, 5.41) is 19.8. The van der Waals surface area contributed by atoms with Crippen LogP contribution in [0, 0.1) is 17.8 Å². The minimum absolute atomic E-state index is 0.0260. The average molecular weight is 652 g/mol. The highest BCUT2D eigenvalue weighted by molar-refractivity contribution is 5.96. The van der Waals surface area contributed by atoms with E-state index in [1.165, 1.54) is 0 Å². The molecule has 4 rings (SSSR count). The highest BCUT2D eigenvalue weighted by Crippen LogP contribution is 2.25. The number of carbonyl (C=O) groups excluding carboxylic acids is 5. The molecule has 48 heavy (non-hydrogen) atoms. The number of para-hydroxylation sites is 1. The molecule has 3 aromatic carbocycles. The Labute approximate surface area is 280 Å². The third-order valence-corrected chi connectivity index (χ3v) is 7.75. The van der Waals surface area contributed by atoms with Crippen LogP contribution in [0.4, 0.5) is 11.4 Å². The zero-order chi connectivity index (χ0) is 34.5.